The molecule has 1 N–H and O–H groups in total. The topological polar surface area (TPSA) is 55.1 Å². The van der Waals surface area contributed by atoms with Gasteiger partial charge in [-0.1, -0.05) is 15.9 Å². The van der Waals surface area contributed by atoms with Crippen molar-refractivity contribution in [2.75, 3.05) is 0 Å². The molecule has 0 fully saturated rings. The Bertz CT molecular complexity index is 520. The Labute approximate surface area is 107 Å². The third-order valence-electron chi connectivity index (χ3n) is 2.36. The first-order valence-corrected chi connectivity index (χ1v) is 5.89. The van der Waals surface area contributed by atoms with Crippen molar-refractivity contribution in [2.45, 2.75) is 13.5 Å². The van der Waals surface area contributed by atoms with Crippen LogP contribution in [0, 0.1) is 6.92 Å². The second kappa shape index (κ2) is 5.14. The molecule has 0 saturated heterocycles. The van der Waals surface area contributed by atoms with E-state index in [1.54, 1.807) is 12.1 Å². The Hall–Kier alpha value is -1.62. The van der Waals surface area contributed by atoms with Crippen LogP contribution in [0.1, 0.15) is 21.8 Å². The Morgan fingerprint density at radius 2 is 2.12 bits per heavy atom. The summed E-state index contributed by atoms with van der Waals surface area (Å²) in [6.07, 6.45) is 1.37. The third kappa shape index (κ3) is 2.94. The van der Waals surface area contributed by atoms with Gasteiger partial charge in [0, 0.05) is 10.0 Å². The van der Waals surface area contributed by atoms with Gasteiger partial charge < -0.3 is 9.73 Å². The molecule has 17 heavy (non-hydrogen) atoms. The lowest BCUT2D eigenvalue weighted by Crippen LogP contribution is -2.22. The predicted molar refractivity (Wildman–Crippen MR) is 66.6 cm³/mol. The molecule has 1 heterocycles. The first-order chi connectivity index (χ1) is 8.16. The van der Waals surface area contributed by atoms with Crippen molar-refractivity contribution < 1.29 is 9.21 Å². The number of nitrogens with zero attached hydrogens (tertiary/aromatic N) is 1. The highest BCUT2D eigenvalue weighted by molar-refractivity contribution is 9.10. The van der Waals surface area contributed by atoms with Crippen LogP contribution in [0.15, 0.2) is 39.5 Å². The van der Waals surface area contributed by atoms with Crippen molar-refractivity contribution in [1.82, 2.24) is 10.3 Å². The molecule has 2 aromatic rings. The van der Waals surface area contributed by atoms with Gasteiger partial charge in [-0.3, -0.25) is 4.79 Å². The molecule has 2 rings (SSSR count). The molecule has 1 aromatic heterocycles. The van der Waals surface area contributed by atoms with Crippen molar-refractivity contribution in [3.63, 3.8) is 0 Å². The minimum atomic E-state index is -0.131. The van der Waals surface area contributed by atoms with Gasteiger partial charge in [-0.2, -0.15) is 0 Å². The van der Waals surface area contributed by atoms with E-state index in [9.17, 15) is 4.79 Å². The fourth-order valence-corrected chi connectivity index (χ4v) is 1.62. The number of amides is 1. The lowest BCUT2D eigenvalue weighted by Gasteiger charge is -2.03. The van der Waals surface area contributed by atoms with Crippen LogP contribution < -0.4 is 5.32 Å². The molecule has 0 aliphatic carbocycles. The van der Waals surface area contributed by atoms with Crippen LogP contribution in [0.25, 0.3) is 0 Å². The zero-order valence-corrected chi connectivity index (χ0v) is 10.8. The number of hydrogen-bond acceptors (Lipinski definition) is 3. The number of aryl methyl sites for hydroxylation is 1. The SMILES string of the molecule is Cc1ncoc1CNC(=O)c1ccc(Br)cc1. The van der Waals surface area contributed by atoms with Crippen LogP contribution in [-0.2, 0) is 6.54 Å². The van der Waals surface area contributed by atoms with Crippen LogP contribution in [-0.4, -0.2) is 10.9 Å². The van der Waals surface area contributed by atoms with Gasteiger partial charge in [0.05, 0.1) is 12.2 Å². The zero-order chi connectivity index (χ0) is 12.3. The van der Waals surface area contributed by atoms with Crippen molar-refractivity contribution in [2.24, 2.45) is 0 Å². The van der Waals surface area contributed by atoms with E-state index in [1.807, 2.05) is 19.1 Å². The molecule has 1 amide bonds. The van der Waals surface area contributed by atoms with Crippen molar-refractivity contribution >= 4 is 21.8 Å². The van der Waals surface area contributed by atoms with Gasteiger partial charge in [-0.25, -0.2) is 4.98 Å². The Balaban J connectivity index is 1.98. The van der Waals surface area contributed by atoms with Gasteiger partial charge >= 0.3 is 0 Å². The summed E-state index contributed by atoms with van der Waals surface area (Å²) in [5, 5.41) is 2.77. The fraction of sp³-hybridized carbons (Fsp3) is 0.167. The van der Waals surface area contributed by atoms with E-state index < -0.39 is 0 Å². The normalized spacial score (nSPS) is 10.2. The molecule has 0 unspecified atom stereocenters. The summed E-state index contributed by atoms with van der Waals surface area (Å²) in [4.78, 5) is 15.7. The smallest absolute Gasteiger partial charge is 0.251 e. The molecule has 0 spiro atoms. The highest BCUT2D eigenvalue weighted by Gasteiger charge is 2.08. The molecule has 0 bridgehead atoms. The molecule has 0 aliphatic heterocycles. The lowest BCUT2D eigenvalue weighted by atomic mass is 10.2. The zero-order valence-electron chi connectivity index (χ0n) is 9.24. The number of aromatic nitrogens is 1. The molecule has 0 saturated carbocycles. The number of carbonyl (C=O) groups excluding carboxylic acids is 1. The van der Waals surface area contributed by atoms with Gasteiger partial charge in [-0.05, 0) is 31.2 Å². The minimum Gasteiger partial charge on any atom is -0.446 e. The predicted octanol–water partition coefficient (Wildman–Crippen LogP) is 2.68. The van der Waals surface area contributed by atoms with Crippen LogP contribution >= 0.6 is 15.9 Å². The molecular weight excluding hydrogens is 284 g/mol. The average molecular weight is 295 g/mol. The largest absolute Gasteiger partial charge is 0.446 e. The maximum Gasteiger partial charge on any atom is 0.251 e. The monoisotopic (exact) mass is 294 g/mol. The molecule has 0 atom stereocenters. The number of benzene rings is 1. The number of oxazole rings is 1. The summed E-state index contributed by atoms with van der Waals surface area (Å²) in [5.41, 5.74) is 1.41. The number of hydrogen-bond donors (Lipinski definition) is 1. The minimum absolute atomic E-state index is 0.131. The van der Waals surface area contributed by atoms with Gasteiger partial charge in [0.2, 0.25) is 0 Å². The molecule has 1 aromatic carbocycles. The molecule has 4 nitrogen and oxygen atoms in total. The average Bonchev–Trinajstić information content (AvgIpc) is 2.73. The highest BCUT2D eigenvalue weighted by Crippen LogP contribution is 2.11. The van der Waals surface area contributed by atoms with Crippen molar-refractivity contribution in [3.05, 3.63) is 52.1 Å². The lowest BCUT2D eigenvalue weighted by molar-refractivity contribution is 0.0948. The van der Waals surface area contributed by atoms with E-state index in [0.717, 1.165) is 10.2 Å². The van der Waals surface area contributed by atoms with Gasteiger partial charge in [-0.15, -0.1) is 0 Å². The number of carbonyl (C=O) groups is 1. The maximum atomic E-state index is 11.8. The molecule has 88 valence electrons. The standard InChI is InChI=1S/C12H11BrN2O2/c1-8-11(17-7-15-8)6-14-12(16)9-2-4-10(13)5-3-9/h2-5,7H,6H2,1H3,(H,14,16). The van der Waals surface area contributed by atoms with E-state index >= 15 is 0 Å². The van der Waals surface area contributed by atoms with Gasteiger partial charge in [0.15, 0.2) is 6.39 Å². The van der Waals surface area contributed by atoms with Crippen molar-refractivity contribution in [3.8, 4) is 0 Å². The van der Waals surface area contributed by atoms with Crippen LogP contribution in [0.3, 0.4) is 0 Å². The van der Waals surface area contributed by atoms with Gasteiger partial charge in [0.1, 0.15) is 5.76 Å². The van der Waals surface area contributed by atoms with Crippen molar-refractivity contribution in [1.29, 1.82) is 0 Å². The fourth-order valence-electron chi connectivity index (χ4n) is 1.36. The van der Waals surface area contributed by atoms with E-state index in [0.29, 0.717) is 17.9 Å². The first kappa shape index (κ1) is 11.9. The van der Waals surface area contributed by atoms with Crippen LogP contribution in [0.2, 0.25) is 0 Å². The first-order valence-electron chi connectivity index (χ1n) is 5.09. The summed E-state index contributed by atoms with van der Waals surface area (Å²) in [6, 6.07) is 7.17. The number of halogens is 1. The summed E-state index contributed by atoms with van der Waals surface area (Å²) < 4.78 is 6.08. The van der Waals surface area contributed by atoms with E-state index in [-0.39, 0.29) is 5.91 Å². The molecular formula is C12H11BrN2O2. The molecule has 0 aliphatic rings. The summed E-state index contributed by atoms with van der Waals surface area (Å²) in [5.74, 6) is 0.545. The third-order valence-corrected chi connectivity index (χ3v) is 2.89. The Morgan fingerprint density at radius 3 is 2.71 bits per heavy atom. The van der Waals surface area contributed by atoms with Crippen LogP contribution in [0.4, 0.5) is 0 Å². The summed E-state index contributed by atoms with van der Waals surface area (Å²) in [6.45, 7) is 2.19. The quantitative estimate of drug-likeness (QED) is 0.947. The molecule has 5 heteroatoms. The van der Waals surface area contributed by atoms with Gasteiger partial charge in [0.25, 0.3) is 5.91 Å². The van der Waals surface area contributed by atoms with Crippen LogP contribution in [0.5, 0.6) is 0 Å². The molecule has 0 radical (unpaired) electrons. The van der Waals surface area contributed by atoms with E-state index in [1.165, 1.54) is 6.39 Å². The number of rotatable bonds is 3. The van der Waals surface area contributed by atoms with E-state index in [4.69, 9.17) is 4.42 Å². The Morgan fingerprint density at radius 1 is 1.41 bits per heavy atom. The Kier molecular flexibility index (Phi) is 3.58. The summed E-state index contributed by atoms with van der Waals surface area (Å²) >= 11 is 3.32. The maximum absolute atomic E-state index is 11.8. The number of nitrogens with one attached hydrogen (secondary N) is 1. The van der Waals surface area contributed by atoms with E-state index in [2.05, 4.69) is 26.2 Å². The second-order valence-corrected chi connectivity index (χ2v) is 4.47. The highest BCUT2D eigenvalue weighted by atomic mass is 79.9. The summed E-state index contributed by atoms with van der Waals surface area (Å²) in [7, 11) is 0. The second-order valence-electron chi connectivity index (χ2n) is 3.55.